The Balaban J connectivity index is 1.56. The number of alkyl carbamates (subject to hydrolysis) is 1. The van der Waals surface area contributed by atoms with Gasteiger partial charge in [-0.3, -0.25) is 14.4 Å². The molecule has 0 bridgehead atoms. The van der Waals surface area contributed by atoms with Crippen molar-refractivity contribution >= 4 is 23.6 Å². The van der Waals surface area contributed by atoms with Crippen LogP contribution in [0.15, 0.2) is 30.3 Å². The highest BCUT2D eigenvalue weighted by Gasteiger charge is 2.38. The summed E-state index contributed by atoms with van der Waals surface area (Å²) in [5.41, 5.74) is 0.859. The normalized spacial score (nSPS) is 21.0. The molecular weight excluding hydrogens is 348 g/mol. The molecule has 1 aromatic rings. The van der Waals surface area contributed by atoms with E-state index in [2.05, 4.69) is 10.6 Å². The molecule has 2 unspecified atom stereocenters. The molecule has 3 rings (SSSR count). The first-order valence-corrected chi connectivity index (χ1v) is 9.36. The summed E-state index contributed by atoms with van der Waals surface area (Å²) in [6.45, 7) is 0.517. The maximum atomic E-state index is 12.8. The van der Waals surface area contributed by atoms with Crippen molar-refractivity contribution in [1.29, 1.82) is 0 Å². The van der Waals surface area contributed by atoms with Crippen LogP contribution in [0.2, 0.25) is 0 Å². The van der Waals surface area contributed by atoms with Crippen LogP contribution in [0.25, 0.3) is 0 Å². The van der Waals surface area contributed by atoms with Gasteiger partial charge in [0.05, 0.1) is 6.04 Å². The maximum absolute atomic E-state index is 12.8. The summed E-state index contributed by atoms with van der Waals surface area (Å²) in [4.78, 5) is 48.4. The fourth-order valence-electron chi connectivity index (χ4n) is 3.45. The van der Waals surface area contributed by atoms with Crippen LogP contribution in [0.1, 0.15) is 37.7 Å². The van der Waals surface area contributed by atoms with Crippen LogP contribution in [0, 0.1) is 11.8 Å². The van der Waals surface area contributed by atoms with Gasteiger partial charge in [0.15, 0.2) is 5.78 Å². The van der Waals surface area contributed by atoms with E-state index >= 15 is 0 Å². The fraction of sp³-hybridized carbons (Fsp3) is 0.500. The zero-order valence-electron chi connectivity index (χ0n) is 15.1. The van der Waals surface area contributed by atoms with Crippen LogP contribution >= 0.6 is 0 Å². The molecule has 144 valence electrons. The van der Waals surface area contributed by atoms with E-state index in [1.165, 1.54) is 0 Å². The molecule has 0 radical (unpaired) electrons. The number of hydrogen-bond donors (Lipinski definition) is 2. The quantitative estimate of drug-likeness (QED) is 0.710. The summed E-state index contributed by atoms with van der Waals surface area (Å²) >= 11 is 0. The van der Waals surface area contributed by atoms with E-state index in [0.717, 1.165) is 24.8 Å². The van der Waals surface area contributed by atoms with Crippen molar-refractivity contribution < 1.29 is 23.9 Å². The Hall–Kier alpha value is -2.70. The largest absolute Gasteiger partial charge is 0.445 e. The van der Waals surface area contributed by atoms with Crippen molar-refractivity contribution in [1.82, 2.24) is 10.6 Å². The van der Waals surface area contributed by atoms with Gasteiger partial charge in [-0.05, 0) is 30.7 Å². The molecule has 2 aliphatic rings. The first-order chi connectivity index (χ1) is 13.0. The Morgan fingerprint density at radius 1 is 1.15 bits per heavy atom. The van der Waals surface area contributed by atoms with E-state index in [0.29, 0.717) is 13.0 Å². The SMILES string of the molecule is O=C(NC(C(=O)CC1CCNC(=O)C1=O)C1CCC1)OCc1ccccc1. The summed E-state index contributed by atoms with van der Waals surface area (Å²) in [5, 5.41) is 5.17. The van der Waals surface area contributed by atoms with Gasteiger partial charge in [-0.15, -0.1) is 0 Å². The van der Waals surface area contributed by atoms with Gasteiger partial charge in [-0.1, -0.05) is 36.8 Å². The Kier molecular flexibility index (Phi) is 6.21. The van der Waals surface area contributed by atoms with Crippen LogP contribution < -0.4 is 10.6 Å². The minimum absolute atomic E-state index is 0.0214. The van der Waals surface area contributed by atoms with Gasteiger partial charge in [-0.2, -0.15) is 0 Å². The summed E-state index contributed by atoms with van der Waals surface area (Å²) in [6, 6.07) is 8.62. The Bertz CT molecular complexity index is 714. The molecule has 2 atom stereocenters. The number of nitrogens with one attached hydrogen (secondary N) is 2. The monoisotopic (exact) mass is 372 g/mol. The number of ether oxygens (including phenoxy) is 1. The molecule has 2 fully saturated rings. The molecule has 7 nitrogen and oxygen atoms in total. The second kappa shape index (κ2) is 8.79. The van der Waals surface area contributed by atoms with E-state index < -0.39 is 29.7 Å². The van der Waals surface area contributed by atoms with Crippen LogP contribution in [-0.2, 0) is 25.7 Å². The molecule has 1 aliphatic carbocycles. The van der Waals surface area contributed by atoms with Gasteiger partial charge < -0.3 is 15.4 Å². The first-order valence-electron chi connectivity index (χ1n) is 9.36. The number of amides is 2. The van der Waals surface area contributed by atoms with E-state index in [-0.39, 0.29) is 24.7 Å². The van der Waals surface area contributed by atoms with E-state index in [4.69, 9.17) is 4.74 Å². The van der Waals surface area contributed by atoms with E-state index in [1.54, 1.807) is 0 Å². The predicted octanol–water partition coefficient (Wildman–Crippen LogP) is 1.75. The lowest BCUT2D eigenvalue weighted by atomic mass is 9.76. The number of rotatable bonds is 7. The highest BCUT2D eigenvalue weighted by molar-refractivity contribution is 6.37. The third-order valence-corrected chi connectivity index (χ3v) is 5.27. The summed E-state index contributed by atoms with van der Waals surface area (Å²) in [6.07, 6.45) is 2.51. The minimum atomic E-state index is -0.667. The second-order valence-corrected chi connectivity index (χ2v) is 7.15. The third kappa shape index (κ3) is 4.93. The van der Waals surface area contributed by atoms with Crippen LogP contribution in [0.3, 0.4) is 0 Å². The first kappa shape index (κ1) is 19.1. The number of benzene rings is 1. The number of ketones is 2. The summed E-state index contributed by atoms with van der Waals surface area (Å²) in [5.74, 6) is -1.92. The van der Waals surface area contributed by atoms with Gasteiger partial charge in [0.1, 0.15) is 6.61 Å². The zero-order valence-corrected chi connectivity index (χ0v) is 15.1. The lowest BCUT2D eigenvalue weighted by Crippen LogP contribution is -2.50. The molecule has 7 heteroatoms. The summed E-state index contributed by atoms with van der Waals surface area (Å²) < 4.78 is 5.22. The molecule has 1 aliphatic heterocycles. The molecule has 2 N–H and O–H groups in total. The Morgan fingerprint density at radius 2 is 1.89 bits per heavy atom. The van der Waals surface area contributed by atoms with Crippen LogP contribution in [-0.4, -0.2) is 36.2 Å². The van der Waals surface area contributed by atoms with Crippen LogP contribution in [0.5, 0.6) is 0 Å². The van der Waals surface area contributed by atoms with Gasteiger partial charge >= 0.3 is 6.09 Å². The molecule has 1 saturated carbocycles. The maximum Gasteiger partial charge on any atom is 0.408 e. The molecule has 2 amide bonds. The van der Waals surface area contributed by atoms with Crippen molar-refractivity contribution in [3.05, 3.63) is 35.9 Å². The molecule has 1 heterocycles. The third-order valence-electron chi connectivity index (χ3n) is 5.27. The second-order valence-electron chi connectivity index (χ2n) is 7.15. The molecule has 0 aromatic heterocycles. The smallest absolute Gasteiger partial charge is 0.408 e. The van der Waals surface area contributed by atoms with Crippen LogP contribution in [0.4, 0.5) is 4.79 Å². The zero-order chi connectivity index (χ0) is 19.2. The predicted molar refractivity (Wildman–Crippen MR) is 96.6 cm³/mol. The molecule has 1 saturated heterocycles. The van der Waals surface area contributed by atoms with Gasteiger partial charge in [0.2, 0.25) is 5.78 Å². The molecule has 27 heavy (non-hydrogen) atoms. The van der Waals surface area contributed by atoms with Gasteiger partial charge in [-0.25, -0.2) is 4.79 Å². The fourth-order valence-corrected chi connectivity index (χ4v) is 3.45. The number of carbonyl (C=O) groups is 4. The highest BCUT2D eigenvalue weighted by Crippen LogP contribution is 2.31. The van der Waals surface area contributed by atoms with Gasteiger partial charge in [0, 0.05) is 18.9 Å². The highest BCUT2D eigenvalue weighted by atomic mass is 16.5. The lowest BCUT2D eigenvalue weighted by Gasteiger charge is -2.34. The van der Waals surface area contributed by atoms with Crippen molar-refractivity contribution in [2.75, 3.05) is 6.54 Å². The number of hydrogen-bond acceptors (Lipinski definition) is 5. The van der Waals surface area contributed by atoms with Crippen molar-refractivity contribution in [2.45, 2.75) is 44.8 Å². The average molecular weight is 372 g/mol. The minimum Gasteiger partial charge on any atom is -0.445 e. The average Bonchev–Trinajstić information content (AvgIpc) is 2.62. The standard InChI is InChI=1S/C20H24N2O5/c23-16(11-15-9-10-21-19(25)18(15)24)17(14-7-4-8-14)22-20(26)27-12-13-5-2-1-3-6-13/h1-3,5-6,14-15,17H,4,7-12H2,(H,21,25)(H,22,26). The lowest BCUT2D eigenvalue weighted by molar-refractivity contribution is -0.143. The Morgan fingerprint density at radius 3 is 2.56 bits per heavy atom. The van der Waals surface area contributed by atoms with Crippen molar-refractivity contribution in [3.63, 3.8) is 0 Å². The van der Waals surface area contributed by atoms with Crippen molar-refractivity contribution in [2.24, 2.45) is 11.8 Å². The molecule has 0 spiro atoms. The topological polar surface area (TPSA) is 102 Å². The number of Topliss-reactive ketones (excluding diaryl/α,β-unsaturated/α-hetero) is 2. The number of carbonyl (C=O) groups excluding carboxylic acids is 4. The molecular formula is C20H24N2O5. The molecule has 1 aromatic carbocycles. The van der Waals surface area contributed by atoms with Crippen molar-refractivity contribution in [3.8, 4) is 0 Å². The summed E-state index contributed by atoms with van der Waals surface area (Å²) in [7, 11) is 0. The van der Waals surface area contributed by atoms with E-state index in [1.807, 2.05) is 30.3 Å². The number of piperidine rings is 1. The Labute approximate surface area is 157 Å². The van der Waals surface area contributed by atoms with Gasteiger partial charge in [0.25, 0.3) is 5.91 Å². The van der Waals surface area contributed by atoms with E-state index in [9.17, 15) is 19.2 Å².